The molecule has 0 fully saturated rings. The van der Waals surface area contributed by atoms with Crippen LogP contribution in [0.4, 0.5) is 23.2 Å². The molecule has 1 amide bonds. The Morgan fingerprint density at radius 2 is 2.04 bits per heavy atom. The molecular formula is C16H16F4N2O4. The molecule has 142 valence electrons. The molecule has 0 unspecified atom stereocenters. The smallest absolute Gasteiger partial charge is 0.416 e. The van der Waals surface area contributed by atoms with Crippen LogP contribution in [-0.2, 0) is 20.5 Å². The normalized spacial score (nSPS) is 14.9. The summed E-state index contributed by atoms with van der Waals surface area (Å²) in [4.78, 5) is 25.3. The van der Waals surface area contributed by atoms with E-state index in [4.69, 9.17) is 5.11 Å². The number of amides is 1. The molecule has 0 atom stereocenters. The van der Waals surface area contributed by atoms with E-state index in [-0.39, 0.29) is 36.7 Å². The van der Waals surface area contributed by atoms with Gasteiger partial charge in [0.1, 0.15) is 11.5 Å². The molecule has 0 spiro atoms. The lowest BCUT2D eigenvalue weighted by Crippen LogP contribution is -2.31. The number of rotatable bonds is 5. The van der Waals surface area contributed by atoms with E-state index in [2.05, 4.69) is 10.1 Å². The minimum absolute atomic E-state index is 0.0828. The molecule has 0 saturated heterocycles. The Kier molecular flexibility index (Phi) is 5.55. The second-order valence-corrected chi connectivity index (χ2v) is 5.55. The summed E-state index contributed by atoms with van der Waals surface area (Å²) >= 11 is 0. The molecule has 1 aromatic rings. The number of halogens is 4. The Labute approximate surface area is 146 Å². The SMILES string of the molecule is COC(=O)C1=C(Nc2cc(F)c(C)c(C(F)(F)F)c2)C(=O)N(CCO)C1. The Hall–Kier alpha value is -2.62. The van der Waals surface area contributed by atoms with Crippen molar-refractivity contribution in [3.8, 4) is 0 Å². The van der Waals surface area contributed by atoms with E-state index in [1.807, 2.05) is 0 Å². The third kappa shape index (κ3) is 3.79. The van der Waals surface area contributed by atoms with Gasteiger partial charge in [-0.2, -0.15) is 13.2 Å². The monoisotopic (exact) mass is 376 g/mol. The van der Waals surface area contributed by atoms with Gasteiger partial charge < -0.3 is 20.1 Å². The van der Waals surface area contributed by atoms with Crippen molar-refractivity contribution < 1.29 is 37.0 Å². The summed E-state index contributed by atoms with van der Waals surface area (Å²) in [5.74, 6) is -2.68. The number of esters is 1. The number of nitrogens with one attached hydrogen (secondary N) is 1. The van der Waals surface area contributed by atoms with Gasteiger partial charge in [0.2, 0.25) is 0 Å². The van der Waals surface area contributed by atoms with Crippen molar-refractivity contribution in [3.05, 3.63) is 40.3 Å². The van der Waals surface area contributed by atoms with E-state index < -0.39 is 35.0 Å². The number of carbonyl (C=O) groups excluding carboxylic acids is 2. The molecule has 1 aliphatic rings. The summed E-state index contributed by atoms with van der Waals surface area (Å²) in [6.45, 7) is 0.352. The second-order valence-electron chi connectivity index (χ2n) is 5.55. The van der Waals surface area contributed by atoms with Crippen molar-refractivity contribution in [3.63, 3.8) is 0 Å². The fourth-order valence-corrected chi connectivity index (χ4v) is 2.54. The van der Waals surface area contributed by atoms with Gasteiger partial charge in [0.05, 0.1) is 31.4 Å². The lowest BCUT2D eigenvalue weighted by molar-refractivity contribution is -0.138. The molecule has 1 heterocycles. The number of hydrogen-bond acceptors (Lipinski definition) is 5. The van der Waals surface area contributed by atoms with E-state index in [9.17, 15) is 27.2 Å². The number of anilines is 1. The van der Waals surface area contributed by atoms with Gasteiger partial charge in [-0.15, -0.1) is 0 Å². The summed E-state index contributed by atoms with van der Waals surface area (Å²) in [5, 5.41) is 11.4. The third-order valence-electron chi connectivity index (χ3n) is 3.87. The van der Waals surface area contributed by atoms with Gasteiger partial charge in [-0.1, -0.05) is 0 Å². The van der Waals surface area contributed by atoms with Crippen LogP contribution in [-0.4, -0.2) is 48.7 Å². The quantitative estimate of drug-likeness (QED) is 0.606. The fourth-order valence-electron chi connectivity index (χ4n) is 2.54. The molecule has 26 heavy (non-hydrogen) atoms. The number of ether oxygens (including phenoxy) is 1. The summed E-state index contributed by atoms with van der Waals surface area (Å²) in [6.07, 6.45) is -4.79. The van der Waals surface area contributed by atoms with Crippen molar-refractivity contribution in [2.75, 3.05) is 32.1 Å². The number of aliphatic hydroxyl groups is 1. The predicted molar refractivity (Wildman–Crippen MR) is 82.5 cm³/mol. The van der Waals surface area contributed by atoms with Gasteiger partial charge in [-0.05, 0) is 24.6 Å². The summed E-state index contributed by atoms with van der Waals surface area (Å²) in [7, 11) is 1.08. The molecule has 0 aliphatic carbocycles. The zero-order chi connectivity index (χ0) is 19.6. The number of carbonyl (C=O) groups is 2. The number of methoxy groups -OCH3 is 1. The van der Waals surface area contributed by atoms with E-state index in [0.29, 0.717) is 6.07 Å². The van der Waals surface area contributed by atoms with E-state index >= 15 is 0 Å². The Balaban J connectivity index is 2.46. The van der Waals surface area contributed by atoms with E-state index in [1.165, 1.54) is 0 Å². The van der Waals surface area contributed by atoms with E-state index in [0.717, 1.165) is 25.0 Å². The molecule has 2 rings (SSSR count). The lowest BCUT2D eigenvalue weighted by atomic mass is 10.1. The maximum atomic E-state index is 13.9. The Morgan fingerprint density at radius 1 is 1.38 bits per heavy atom. The topological polar surface area (TPSA) is 78.9 Å². The van der Waals surface area contributed by atoms with Crippen LogP contribution in [0.1, 0.15) is 11.1 Å². The van der Waals surface area contributed by atoms with Gasteiger partial charge in [0.25, 0.3) is 5.91 Å². The molecule has 10 heteroatoms. The predicted octanol–water partition coefficient (Wildman–Crippen LogP) is 1.83. The van der Waals surface area contributed by atoms with Gasteiger partial charge in [0.15, 0.2) is 0 Å². The van der Waals surface area contributed by atoms with Crippen molar-refractivity contribution in [2.24, 2.45) is 0 Å². The molecule has 0 radical (unpaired) electrons. The van der Waals surface area contributed by atoms with Gasteiger partial charge >= 0.3 is 12.1 Å². The highest BCUT2D eigenvalue weighted by Crippen LogP contribution is 2.35. The van der Waals surface area contributed by atoms with Gasteiger partial charge in [-0.25, -0.2) is 9.18 Å². The van der Waals surface area contributed by atoms with Crippen LogP contribution in [0.25, 0.3) is 0 Å². The van der Waals surface area contributed by atoms with Crippen molar-refractivity contribution in [2.45, 2.75) is 13.1 Å². The Bertz CT molecular complexity index is 774. The number of nitrogens with zero attached hydrogens (tertiary/aromatic N) is 1. The first-order chi connectivity index (χ1) is 12.1. The molecule has 6 nitrogen and oxygen atoms in total. The number of hydrogen-bond donors (Lipinski definition) is 2. The first-order valence-corrected chi connectivity index (χ1v) is 7.46. The standard InChI is InChI=1S/C16H16F4N2O4/c1-8-11(16(18,19)20)5-9(6-12(8)17)21-13-10(15(25)26-2)7-22(3-4-23)14(13)24/h5-6,21,23H,3-4,7H2,1-2H3. The van der Waals surface area contributed by atoms with Crippen LogP contribution in [0.5, 0.6) is 0 Å². The average Bonchev–Trinajstić information content (AvgIpc) is 2.86. The largest absolute Gasteiger partial charge is 0.466 e. The third-order valence-corrected chi connectivity index (χ3v) is 3.87. The van der Waals surface area contributed by atoms with Crippen LogP contribution in [0.2, 0.25) is 0 Å². The molecule has 0 aromatic heterocycles. The van der Waals surface area contributed by atoms with Crippen molar-refractivity contribution in [1.82, 2.24) is 4.90 Å². The van der Waals surface area contributed by atoms with Crippen LogP contribution in [0.15, 0.2) is 23.4 Å². The highest BCUT2D eigenvalue weighted by atomic mass is 19.4. The van der Waals surface area contributed by atoms with Crippen LogP contribution < -0.4 is 5.32 Å². The number of β-amino-alcohol motifs (C(OH)–C–C–N with tert-alkyl or cyclic N) is 1. The van der Waals surface area contributed by atoms with Crippen LogP contribution >= 0.6 is 0 Å². The summed E-state index contributed by atoms with van der Waals surface area (Å²) in [5.41, 5.74) is -2.55. The number of alkyl halides is 3. The summed E-state index contributed by atoms with van der Waals surface area (Å²) in [6, 6.07) is 1.46. The molecular weight excluding hydrogens is 360 g/mol. The highest BCUT2D eigenvalue weighted by molar-refractivity contribution is 6.08. The lowest BCUT2D eigenvalue weighted by Gasteiger charge is -2.16. The second kappa shape index (κ2) is 7.32. The van der Waals surface area contributed by atoms with Crippen LogP contribution in [0, 0.1) is 12.7 Å². The van der Waals surface area contributed by atoms with Gasteiger partial charge in [0, 0.05) is 12.2 Å². The van der Waals surface area contributed by atoms with Crippen molar-refractivity contribution >= 4 is 17.6 Å². The first-order valence-electron chi connectivity index (χ1n) is 7.46. The van der Waals surface area contributed by atoms with Crippen LogP contribution in [0.3, 0.4) is 0 Å². The molecule has 1 aliphatic heterocycles. The Morgan fingerprint density at radius 3 is 2.58 bits per heavy atom. The average molecular weight is 376 g/mol. The molecule has 2 N–H and O–H groups in total. The minimum atomic E-state index is -4.79. The summed E-state index contributed by atoms with van der Waals surface area (Å²) < 4.78 is 57.6. The first kappa shape index (κ1) is 19.7. The van der Waals surface area contributed by atoms with Crippen molar-refractivity contribution in [1.29, 1.82) is 0 Å². The zero-order valence-corrected chi connectivity index (χ0v) is 13.9. The van der Waals surface area contributed by atoms with E-state index in [1.54, 1.807) is 0 Å². The maximum absolute atomic E-state index is 13.9. The minimum Gasteiger partial charge on any atom is -0.466 e. The maximum Gasteiger partial charge on any atom is 0.416 e. The van der Waals surface area contributed by atoms with Gasteiger partial charge in [-0.3, -0.25) is 4.79 Å². The number of aliphatic hydroxyl groups excluding tert-OH is 1. The molecule has 0 bridgehead atoms. The molecule has 0 saturated carbocycles. The zero-order valence-electron chi connectivity index (χ0n) is 13.9. The number of benzene rings is 1. The highest BCUT2D eigenvalue weighted by Gasteiger charge is 2.36. The molecule has 1 aromatic carbocycles. The fraction of sp³-hybridized carbons (Fsp3) is 0.375.